The first kappa shape index (κ1) is 34.7. The smallest absolute Gasteiger partial charge is 0.305 e. The van der Waals surface area contributed by atoms with Crippen LogP contribution in [0.1, 0.15) is 38.7 Å². The molecule has 1 heterocycles. The second-order valence-electron chi connectivity index (χ2n) is 9.76. The largest absolute Gasteiger partial charge is 0.481 e. The monoisotopic (exact) mass is 598 g/mol. The highest BCUT2D eigenvalue weighted by molar-refractivity contribution is 7.98. The lowest BCUT2D eigenvalue weighted by Gasteiger charge is -2.25. The van der Waals surface area contributed by atoms with Crippen molar-refractivity contribution in [2.75, 3.05) is 12.0 Å². The van der Waals surface area contributed by atoms with Gasteiger partial charge >= 0.3 is 5.97 Å². The highest BCUT2D eigenvalue weighted by atomic mass is 35.5. The van der Waals surface area contributed by atoms with Gasteiger partial charge in [0.1, 0.15) is 18.1 Å². The number of aromatic amines is 1. The van der Waals surface area contributed by atoms with Crippen LogP contribution in [0.15, 0.2) is 30.5 Å². The molecule has 2 aromatic rings. The number of rotatable bonds is 16. The number of aliphatic carboxylic acids is 1. The molecule has 12 nitrogen and oxygen atoms in total. The standard InChI is InChI=1S/C26H38N6O6S.ClH/c1-14(2)10-20(23(28)35)31-26(38)21(12-22(33)34)32-25(37)19(8-9-39-3)30-24(36)17(27)11-15-13-29-18-7-5-4-6-16(15)18;/h4-7,13-14,17,19-21,29H,8-12,27H2,1-3H3,(H2,28,35)(H,30,36)(H,31,38)(H,32,37)(H,33,34);1H/t17-,19-,20+,21-;/m0./s1. The molecular weight excluding hydrogens is 560 g/mol. The number of H-pyrrole nitrogens is 1. The summed E-state index contributed by atoms with van der Waals surface area (Å²) in [5.74, 6) is -3.74. The van der Waals surface area contributed by atoms with Crippen molar-refractivity contribution in [2.24, 2.45) is 17.4 Å². The molecule has 2 rings (SSSR count). The van der Waals surface area contributed by atoms with E-state index in [1.807, 2.05) is 44.4 Å². The van der Waals surface area contributed by atoms with Crippen LogP contribution in [0.2, 0.25) is 0 Å². The minimum absolute atomic E-state index is 0. The van der Waals surface area contributed by atoms with E-state index in [0.717, 1.165) is 16.5 Å². The third-order valence-electron chi connectivity index (χ3n) is 6.07. The fraction of sp³-hybridized carbons (Fsp3) is 0.500. The number of fused-ring (bicyclic) bond motifs is 1. The van der Waals surface area contributed by atoms with Gasteiger partial charge in [-0.1, -0.05) is 32.0 Å². The predicted octanol–water partition coefficient (Wildman–Crippen LogP) is 0.673. The van der Waals surface area contributed by atoms with Crippen LogP contribution in [0.4, 0.5) is 0 Å². The van der Waals surface area contributed by atoms with E-state index in [1.165, 1.54) is 11.8 Å². The van der Waals surface area contributed by atoms with Crippen LogP contribution in [0.5, 0.6) is 0 Å². The van der Waals surface area contributed by atoms with Gasteiger partial charge in [-0.15, -0.1) is 12.4 Å². The van der Waals surface area contributed by atoms with E-state index in [0.29, 0.717) is 5.75 Å². The Morgan fingerprint density at radius 1 is 0.975 bits per heavy atom. The van der Waals surface area contributed by atoms with Gasteiger partial charge in [0, 0.05) is 17.1 Å². The normalized spacial score (nSPS) is 13.9. The highest BCUT2D eigenvalue weighted by Crippen LogP contribution is 2.19. The zero-order valence-electron chi connectivity index (χ0n) is 22.8. The summed E-state index contributed by atoms with van der Waals surface area (Å²) in [6, 6.07) is 3.05. The van der Waals surface area contributed by atoms with E-state index >= 15 is 0 Å². The van der Waals surface area contributed by atoms with Crippen LogP contribution in [0.25, 0.3) is 10.9 Å². The summed E-state index contributed by atoms with van der Waals surface area (Å²) in [4.78, 5) is 65.3. The molecule has 0 aliphatic carbocycles. The number of hydrogen-bond donors (Lipinski definition) is 7. The van der Waals surface area contributed by atoms with Crippen LogP contribution in [-0.2, 0) is 30.4 Å². The average Bonchev–Trinajstić information content (AvgIpc) is 3.27. The number of carboxylic acid groups (broad SMARTS) is 1. The number of primary amides is 1. The van der Waals surface area contributed by atoms with E-state index in [1.54, 1.807) is 6.20 Å². The number of amides is 4. The van der Waals surface area contributed by atoms with Gasteiger partial charge in [0.2, 0.25) is 23.6 Å². The first-order valence-corrected chi connectivity index (χ1v) is 14.0. The quantitative estimate of drug-likeness (QED) is 0.146. The van der Waals surface area contributed by atoms with Crippen LogP contribution in [0, 0.1) is 5.92 Å². The van der Waals surface area contributed by atoms with Crippen LogP contribution in [0.3, 0.4) is 0 Å². The number of nitrogens with two attached hydrogens (primary N) is 2. The summed E-state index contributed by atoms with van der Waals surface area (Å²) in [5, 5.41) is 17.7. The Balaban J connectivity index is 0.00000800. The molecule has 4 amide bonds. The molecule has 222 valence electrons. The summed E-state index contributed by atoms with van der Waals surface area (Å²) in [6.07, 6.45) is 3.57. The lowest BCUT2D eigenvalue weighted by atomic mass is 10.0. The summed E-state index contributed by atoms with van der Waals surface area (Å²) < 4.78 is 0. The average molecular weight is 599 g/mol. The van der Waals surface area contributed by atoms with Crippen molar-refractivity contribution in [1.82, 2.24) is 20.9 Å². The minimum atomic E-state index is -1.49. The Morgan fingerprint density at radius 2 is 1.57 bits per heavy atom. The zero-order valence-corrected chi connectivity index (χ0v) is 24.4. The molecule has 0 unspecified atom stereocenters. The molecule has 0 bridgehead atoms. The van der Waals surface area contributed by atoms with Crippen molar-refractivity contribution < 1.29 is 29.1 Å². The summed E-state index contributed by atoms with van der Waals surface area (Å²) in [7, 11) is 0. The molecular formula is C26H39ClN6O6S. The van der Waals surface area contributed by atoms with Gasteiger partial charge in [-0.05, 0) is 48.8 Å². The fourth-order valence-electron chi connectivity index (χ4n) is 4.06. The Hall–Kier alpha value is -3.29. The molecule has 0 saturated carbocycles. The topological polar surface area (TPSA) is 209 Å². The predicted molar refractivity (Wildman–Crippen MR) is 157 cm³/mol. The number of hydrogen-bond acceptors (Lipinski definition) is 7. The fourth-order valence-corrected chi connectivity index (χ4v) is 4.53. The summed E-state index contributed by atoms with van der Waals surface area (Å²) in [6.45, 7) is 3.67. The molecule has 1 aromatic heterocycles. The van der Waals surface area contributed by atoms with Gasteiger partial charge in [-0.3, -0.25) is 24.0 Å². The summed E-state index contributed by atoms with van der Waals surface area (Å²) >= 11 is 1.45. The number of carboxylic acids is 1. The van der Waals surface area contributed by atoms with Crippen molar-refractivity contribution in [1.29, 1.82) is 0 Å². The van der Waals surface area contributed by atoms with E-state index in [4.69, 9.17) is 11.5 Å². The van der Waals surface area contributed by atoms with Gasteiger partial charge in [0.25, 0.3) is 0 Å². The number of para-hydroxylation sites is 1. The number of thioether (sulfide) groups is 1. The van der Waals surface area contributed by atoms with E-state index < -0.39 is 60.2 Å². The second-order valence-corrected chi connectivity index (χ2v) is 10.8. The lowest BCUT2D eigenvalue weighted by Crippen LogP contribution is -2.58. The number of carbonyl (C=O) groups excluding carboxylic acids is 4. The van der Waals surface area contributed by atoms with Gasteiger partial charge < -0.3 is 37.5 Å². The van der Waals surface area contributed by atoms with Gasteiger partial charge in [-0.25, -0.2) is 0 Å². The summed E-state index contributed by atoms with van der Waals surface area (Å²) in [5.41, 5.74) is 13.3. The van der Waals surface area contributed by atoms with E-state index in [9.17, 15) is 29.1 Å². The third kappa shape index (κ3) is 10.7. The van der Waals surface area contributed by atoms with E-state index in [-0.39, 0.29) is 37.6 Å². The molecule has 0 saturated heterocycles. The van der Waals surface area contributed by atoms with Crippen molar-refractivity contribution >= 4 is 64.7 Å². The molecule has 9 N–H and O–H groups in total. The molecule has 4 atom stereocenters. The molecule has 0 aliphatic rings. The maximum absolute atomic E-state index is 13.1. The number of halogens is 1. The number of carbonyl (C=O) groups is 5. The number of nitrogens with one attached hydrogen (secondary N) is 4. The molecule has 40 heavy (non-hydrogen) atoms. The Morgan fingerprint density at radius 3 is 2.17 bits per heavy atom. The zero-order chi connectivity index (χ0) is 29.1. The first-order valence-electron chi connectivity index (χ1n) is 12.6. The number of aromatic nitrogens is 1. The maximum atomic E-state index is 13.1. The van der Waals surface area contributed by atoms with Gasteiger partial charge in [0.15, 0.2) is 0 Å². The van der Waals surface area contributed by atoms with Gasteiger partial charge in [0.05, 0.1) is 12.5 Å². The third-order valence-corrected chi connectivity index (χ3v) is 6.72. The minimum Gasteiger partial charge on any atom is -0.481 e. The molecule has 0 aliphatic heterocycles. The highest BCUT2D eigenvalue weighted by Gasteiger charge is 2.31. The van der Waals surface area contributed by atoms with Crippen molar-refractivity contribution in [3.63, 3.8) is 0 Å². The van der Waals surface area contributed by atoms with E-state index in [2.05, 4.69) is 20.9 Å². The SMILES string of the molecule is CSCC[C@H](NC(=O)[C@@H](N)Cc1c[nH]c2ccccc12)C(=O)N[C@@H](CC(=O)O)C(=O)N[C@H](CC(C)C)C(N)=O.Cl. The Kier molecular flexibility index (Phi) is 14.5. The van der Waals surface area contributed by atoms with Gasteiger partial charge in [-0.2, -0.15) is 11.8 Å². The molecule has 0 spiro atoms. The van der Waals surface area contributed by atoms with Crippen LogP contribution < -0.4 is 27.4 Å². The first-order chi connectivity index (χ1) is 18.4. The lowest BCUT2D eigenvalue weighted by molar-refractivity contribution is -0.141. The molecule has 0 radical (unpaired) electrons. The number of benzene rings is 1. The molecule has 1 aromatic carbocycles. The Bertz CT molecular complexity index is 1180. The second kappa shape index (κ2) is 16.7. The maximum Gasteiger partial charge on any atom is 0.305 e. The van der Waals surface area contributed by atoms with Crippen molar-refractivity contribution in [3.05, 3.63) is 36.0 Å². The molecule has 0 fully saturated rings. The van der Waals surface area contributed by atoms with Crippen LogP contribution in [-0.4, -0.2) is 75.9 Å². The van der Waals surface area contributed by atoms with Crippen LogP contribution >= 0.6 is 24.2 Å². The Labute approximate surface area is 243 Å². The van der Waals surface area contributed by atoms with Crippen molar-refractivity contribution in [2.45, 2.75) is 63.7 Å². The molecule has 14 heteroatoms. The van der Waals surface area contributed by atoms with Crippen molar-refractivity contribution in [3.8, 4) is 0 Å².